The van der Waals surface area contributed by atoms with Crippen LogP contribution in [0.5, 0.6) is 0 Å². The summed E-state index contributed by atoms with van der Waals surface area (Å²) in [6.07, 6.45) is 0. The largest absolute Gasteiger partial charge is 0.311 e. The van der Waals surface area contributed by atoms with Gasteiger partial charge in [-0.3, -0.25) is 0 Å². The third-order valence-electron chi connectivity index (χ3n) is 17.9. The summed E-state index contributed by atoms with van der Waals surface area (Å²) in [4.78, 5) is 12.6. The van der Waals surface area contributed by atoms with Gasteiger partial charge in [-0.1, -0.05) is 241 Å². The number of anilines is 12. The van der Waals surface area contributed by atoms with Crippen molar-refractivity contribution in [2.75, 3.05) is 19.6 Å². The van der Waals surface area contributed by atoms with Crippen LogP contribution in [-0.4, -0.2) is 13.4 Å². The third kappa shape index (κ3) is 9.03. The second-order valence-corrected chi connectivity index (χ2v) is 24.4. The van der Waals surface area contributed by atoms with Crippen molar-refractivity contribution in [3.05, 3.63) is 326 Å². The van der Waals surface area contributed by atoms with Crippen LogP contribution in [0.4, 0.5) is 68.2 Å². The van der Waals surface area contributed by atoms with Crippen LogP contribution in [0.25, 0.3) is 22.3 Å². The fourth-order valence-electron chi connectivity index (χ4n) is 14.4. The first kappa shape index (κ1) is 53.0. The lowest BCUT2D eigenvalue weighted by Gasteiger charge is -2.45. The van der Waals surface area contributed by atoms with E-state index < -0.39 is 0 Å². The summed E-state index contributed by atoms with van der Waals surface area (Å²) in [7, 11) is 0. The fourth-order valence-corrected chi connectivity index (χ4v) is 15.6. The van der Waals surface area contributed by atoms with Crippen molar-refractivity contribution in [3.8, 4) is 22.3 Å². The molecule has 0 spiro atoms. The van der Waals surface area contributed by atoms with Gasteiger partial charge in [0, 0.05) is 72.4 Å². The zero-order valence-corrected chi connectivity index (χ0v) is 50.1. The number of hydrogen-bond donors (Lipinski definition) is 0. The van der Waals surface area contributed by atoms with Crippen LogP contribution in [0.15, 0.2) is 319 Å². The minimum absolute atomic E-state index is 0.0983. The highest BCUT2D eigenvalue weighted by molar-refractivity contribution is 8.00. The highest BCUT2D eigenvalue weighted by Crippen LogP contribution is 2.50. The maximum absolute atomic E-state index is 2.66. The summed E-state index contributed by atoms with van der Waals surface area (Å²) in [5.74, 6) is 0. The first-order valence-corrected chi connectivity index (χ1v) is 31.3. The quantitative estimate of drug-likeness (QED) is 0.119. The Bertz CT molecular complexity index is 4600. The molecule has 4 nitrogen and oxygen atoms in total. The van der Waals surface area contributed by atoms with Gasteiger partial charge in [0.2, 0.25) is 13.4 Å². The number of nitrogens with zero attached hydrogens (tertiary/aromatic N) is 4. The number of rotatable bonds is 11. The molecule has 0 saturated heterocycles. The van der Waals surface area contributed by atoms with E-state index in [1.165, 1.54) is 92.9 Å². The Labute approximate surface area is 521 Å². The molecule has 3 aliphatic heterocycles. The van der Waals surface area contributed by atoms with Gasteiger partial charge < -0.3 is 19.6 Å². The topological polar surface area (TPSA) is 13.0 Å². The van der Waals surface area contributed by atoms with E-state index in [-0.39, 0.29) is 13.4 Å². The molecule has 13 aromatic rings. The van der Waals surface area contributed by atoms with E-state index in [2.05, 4.69) is 350 Å². The second kappa shape index (κ2) is 22.1. The third-order valence-corrected chi connectivity index (χ3v) is 19.1. The van der Waals surface area contributed by atoms with Gasteiger partial charge in [0.15, 0.2) is 0 Å². The molecular weight excluding hydrogens is 1080 g/mol. The molecule has 0 atom stereocenters. The predicted molar refractivity (Wildman–Crippen MR) is 377 cm³/mol. The molecule has 3 aliphatic rings. The van der Waals surface area contributed by atoms with Crippen molar-refractivity contribution in [1.29, 1.82) is 0 Å². The number of fused-ring (bicyclic) bond motifs is 6. The van der Waals surface area contributed by atoms with Crippen molar-refractivity contribution >= 4 is 126 Å². The van der Waals surface area contributed by atoms with Gasteiger partial charge in [-0.05, 0) is 173 Å². The summed E-state index contributed by atoms with van der Waals surface area (Å²) < 4.78 is 0. The van der Waals surface area contributed by atoms with Crippen molar-refractivity contribution < 1.29 is 0 Å². The SMILES string of the molecule is Cc1cc(C)c(N2c3cc4c(cc3B3c5ccccc5Sc5cc(N(c6ccccc6)c6ccccc6)cc2c53)B(c2c(-c3ccccc3)cccc2-c2ccccc2)c2ccc(N(c3ccccc3)c3ccccc3)cc2N4c2ccccc2)c(C)c1. The summed E-state index contributed by atoms with van der Waals surface area (Å²) in [6.45, 7) is 6.50. The van der Waals surface area contributed by atoms with Crippen molar-refractivity contribution in [3.63, 3.8) is 0 Å². The molecule has 0 N–H and O–H groups in total. The molecule has 0 bridgehead atoms. The average molecular weight is 1140 g/mol. The molecule has 0 aliphatic carbocycles. The summed E-state index contributed by atoms with van der Waals surface area (Å²) in [6, 6.07) is 115. The average Bonchev–Trinajstić information content (AvgIpc) is 0.713. The van der Waals surface area contributed by atoms with Gasteiger partial charge in [0.25, 0.3) is 0 Å². The van der Waals surface area contributed by atoms with Gasteiger partial charge in [-0.15, -0.1) is 0 Å². The fraction of sp³-hybridized carbons (Fsp3) is 0.0370. The van der Waals surface area contributed by atoms with E-state index in [1.54, 1.807) is 0 Å². The Kier molecular flexibility index (Phi) is 13.3. The Morgan fingerprint density at radius 3 is 1.28 bits per heavy atom. The van der Waals surface area contributed by atoms with E-state index >= 15 is 0 Å². The summed E-state index contributed by atoms with van der Waals surface area (Å²) in [5.41, 5.74) is 29.6. The number of para-hydroxylation sites is 5. The minimum Gasteiger partial charge on any atom is -0.311 e. The summed E-state index contributed by atoms with van der Waals surface area (Å²) in [5, 5.41) is 0. The van der Waals surface area contributed by atoms with Crippen LogP contribution in [0.3, 0.4) is 0 Å². The Balaban J connectivity index is 1.05. The molecule has 13 aromatic carbocycles. The van der Waals surface area contributed by atoms with Gasteiger partial charge >= 0.3 is 0 Å². The van der Waals surface area contributed by atoms with Crippen molar-refractivity contribution in [2.45, 2.75) is 30.6 Å². The lowest BCUT2D eigenvalue weighted by molar-refractivity contribution is 1.18. The first-order valence-electron chi connectivity index (χ1n) is 30.5. The number of hydrogen-bond acceptors (Lipinski definition) is 5. The normalized spacial score (nSPS) is 12.6. The monoisotopic (exact) mass is 1140 g/mol. The molecule has 0 saturated carbocycles. The Hall–Kier alpha value is -10.5. The number of aryl methyl sites for hydroxylation is 3. The van der Waals surface area contributed by atoms with Crippen LogP contribution >= 0.6 is 11.8 Å². The van der Waals surface area contributed by atoms with E-state index in [1.807, 2.05) is 11.8 Å². The lowest BCUT2D eigenvalue weighted by Crippen LogP contribution is -2.63. The van der Waals surface area contributed by atoms with E-state index in [0.29, 0.717) is 0 Å². The molecule has 0 radical (unpaired) electrons. The van der Waals surface area contributed by atoms with Crippen LogP contribution in [0.2, 0.25) is 0 Å². The zero-order valence-electron chi connectivity index (χ0n) is 49.3. The molecule has 16 rings (SSSR count). The smallest absolute Gasteiger partial charge is 0.249 e. The van der Waals surface area contributed by atoms with Crippen LogP contribution in [0, 0.1) is 20.8 Å². The minimum atomic E-state index is -0.240. The van der Waals surface area contributed by atoms with Crippen LogP contribution in [0.1, 0.15) is 16.7 Å². The molecular formula is C81H60B2N4S. The Morgan fingerprint density at radius 1 is 0.295 bits per heavy atom. The van der Waals surface area contributed by atoms with E-state index in [9.17, 15) is 0 Å². The first-order chi connectivity index (χ1) is 43.4. The van der Waals surface area contributed by atoms with Gasteiger partial charge in [-0.2, -0.15) is 0 Å². The predicted octanol–water partition coefficient (Wildman–Crippen LogP) is 17.9. The maximum Gasteiger partial charge on any atom is 0.249 e. The zero-order chi connectivity index (χ0) is 58.8. The standard InChI is InChI=1S/C81H60B2N4S/c1-55-48-56(2)81(57(3)49-55)87-75-54-74-71(53-72(75)83-70-44-25-26-45-77(70)88-78-52-66(51-76(87)80(78)83)85(62-36-19-8-20-37-62)63-38-21-9-22-39-63)82(79-67(58-28-11-4-12-29-58)42-27-43-68(79)59-30-13-5-14-31-59)69-47-46-65(50-73(69)86(74)64-40-23-10-24-41-64)84(60-32-15-6-16-33-60)61-34-17-7-18-35-61/h4-54H,1-3H3. The van der Waals surface area contributed by atoms with E-state index in [4.69, 9.17) is 0 Å². The van der Waals surface area contributed by atoms with E-state index in [0.717, 1.165) is 56.9 Å². The highest BCUT2D eigenvalue weighted by Gasteiger charge is 2.46. The van der Waals surface area contributed by atoms with Crippen molar-refractivity contribution in [1.82, 2.24) is 0 Å². The molecule has 0 amide bonds. The molecule has 3 heterocycles. The van der Waals surface area contributed by atoms with Crippen LogP contribution in [-0.2, 0) is 0 Å². The molecule has 0 aromatic heterocycles. The van der Waals surface area contributed by atoms with Crippen LogP contribution < -0.4 is 52.4 Å². The lowest BCUT2D eigenvalue weighted by atomic mass is 9.30. The molecule has 88 heavy (non-hydrogen) atoms. The summed E-state index contributed by atoms with van der Waals surface area (Å²) >= 11 is 1.90. The Morgan fingerprint density at radius 2 is 0.739 bits per heavy atom. The molecule has 7 heteroatoms. The van der Waals surface area contributed by atoms with Gasteiger partial charge in [0.05, 0.1) is 5.69 Å². The van der Waals surface area contributed by atoms with Crippen molar-refractivity contribution in [2.24, 2.45) is 0 Å². The van der Waals surface area contributed by atoms with Gasteiger partial charge in [0.1, 0.15) is 0 Å². The maximum atomic E-state index is 2.66. The molecule has 0 fully saturated rings. The highest BCUT2D eigenvalue weighted by atomic mass is 32.2. The second-order valence-electron chi connectivity index (χ2n) is 23.4. The molecule has 416 valence electrons. The number of benzene rings is 13. The molecule has 0 unspecified atom stereocenters. The van der Waals surface area contributed by atoms with Gasteiger partial charge in [-0.25, -0.2) is 0 Å².